The Balaban J connectivity index is 1.73. The van der Waals surface area contributed by atoms with Crippen LogP contribution >= 0.6 is 0 Å². The van der Waals surface area contributed by atoms with Gasteiger partial charge in [-0.15, -0.1) is 0 Å². The molecule has 4 heteroatoms. The summed E-state index contributed by atoms with van der Waals surface area (Å²) in [5.41, 5.74) is 7.18. The fraction of sp³-hybridized carbons (Fsp3) is 0. The van der Waals surface area contributed by atoms with E-state index >= 15 is 0 Å². The lowest BCUT2D eigenvalue weighted by atomic mass is 10.1. The van der Waals surface area contributed by atoms with Crippen LogP contribution in [0.15, 0.2) is 109 Å². The predicted molar refractivity (Wildman–Crippen MR) is 145 cm³/mol. The second-order valence-electron chi connectivity index (χ2n) is 8.82. The van der Waals surface area contributed by atoms with Crippen molar-refractivity contribution in [3.8, 4) is 23.5 Å². The van der Waals surface area contributed by atoms with Crippen molar-refractivity contribution in [2.75, 3.05) is 0 Å². The minimum Gasteiger partial charge on any atom is -0.308 e. The largest absolute Gasteiger partial charge is 0.308 e. The summed E-state index contributed by atoms with van der Waals surface area (Å²) in [6.45, 7) is 0. The molecule has 7 rings (SSSR count). The molecule has 2 heterocycles. The molecule has 7 aromatic rings. The number of aromatic nitrogens is 2. The summed E-state index contributed by atoms with van der Waals surface area (Å²) in [5.74, 6) is 0. The van der Waals surface area contributed by atoms with Crippen LogP contribution in [0.5, 0.6) is 0 Å². The van der Waals surface area contributed by atoms with Gasteiger partial charge in [0.15, 0.2) is 0 Å². The van der Waals surface area contributed by atoms with Gasteiger partial charge in [0, 0.05) is 21.5 Å². The molecule has 5 aromatic carbocycles. The molecular formula is C32H18N4. The maximum absolute atomic E-state index is 9.86. The van der Waals surface area contributed by atoms with Crippen LogP contribution < -0.4 is 0 Å². The van der Waals surface area contributed by atoms with Gasteiger partial charge < -0.3 is 9.13 Å². The zero-order valence-corrected chi connectivity index (χ0v) is 19.2. The molecule has 4 nitrogen and oxygen atoms in total. The molecule has 0 spiro atoms. The number of rotatable bonds is 2. The summed E-state index contributed by atoms with van der Waals surface area (Å²) >= 11 is 0. The minimum atomic E-state index is 0.630. The molecule has 0 bridgehead atoms. The lowest BCUT2D eigenvalue weighted by Gasteiger charge is -2.11. The predicted octanol–water partition coefficient (Wildman–Crippen LogP) is 7.62. The number of hydrogen-bond acceptors (Lipinski definition) is 2. The first-order chi connectivity index (χ1) is 17.8. The third-order valence-corrected chi connectivity index (χ3v) is 7.00. The lowest BCUT2D eigenvalue weighted by Crippen LogP contribution is -1.98. The smallest absolute Gasteiger partial charge is 0.101 e. The monoisotopic (exact) mass is 458 g/mol. The van der Waals surface area contributed by atoms with E-state index in [1.54, 1.807) is 0 Å². The quantitative estimate of drug-likeness (QED) is 0.267. The second-order valence-corrected chi connectivity index (χ2v) is 8.82. The van der Waals surface area contributed by atoms with Crippen molar-refractivity contribution in [2.45, 2.75) is 0 Å². The molecule has 0 unspecified atom stereocenters. The van der Waals surface area contributed by atoms with Crippen LogP contribution in [0.1, 0.15) is 11.1 Å². The normalized spacial score (nSPS) is 11.3. The first kappa shape index (κ1) is 20.1. The third kappa shape index (κ3) is 2.61. The van der Waals surface area contributed by atoms with E-state index in [-0.39, 0.29) is 0 Å². The highest BCUT2D eigenvalue weighted by molar-refractivity contribution is 6.28. The van der Waals surface area contributed by atoms with Gasteiger partial charge in [0.1, 0.15) is 12.1 Å². The zero-order chi connectivity index (χ0) is 24.2. The number of nitriles is 2. The van der Waals surface area contributed by atoms with E-state index in [4.69, 9.17) is 0 Å². The fourth-order valence-electron chi connectivity index (χ4n) is 5.56. The number of para-hydroxylation sites is 4. The number of nitrogens with zero attached hydrogens (tertiary/aromatic N) is 4. The highest BCUT2D eigenvalue weighted by Crippen LogP contribution is 2.42. The van der Waals surface area contributed by atoms with Crippen molar-refractivity contribution in [2.24, 2.45) is 0 Å². The van der Waals surface area contributed by atoms with Crippen LogP contribution in [0.2, 0.25) is 0 Å². The Morgan fingerprint density at radius 2 is 0.806 bits per heavy atom. The number of fused-ring (bicyclic) bond motifs is 7. The van der Waals surface area contributed by atoms with Crippen LogP contribution in [-0.4, -0.2) is 9.13 Å². The van der Waals surface area contributed by atoms with Crippen molar-refractivity contribution in [1.29, 1.82) is 10.5 Å². The van der Waals surface area contributed by atoms with E-state index in [9.17, 15) is 10.5 Å². The van der Waals surface area contributed by atoms with Crippen LogP contribution in [0, 0.1) is 22.7 Å². The van der Waals surface area contributed by atoms with Crippen molar-refractivity contribution in [3.63, 3.8) is 0 Å². The Hall–Kier alpha value is -5.32. The Morgan fingerprint density at radius 3 is 1.25 bits per heavy atom. The average Bonchev–Trinajstić information content (AvgIpc) is 3.45. The molecule has 0 radical (unpaired) electrons. The summed E-state index contributed by atoms with van der Waals surface area (Å²) in [6, 6.07) is 41.2. The van der Waals surface area contributed by atoms with Gasteiger partial charge in [-0.05, 0) is 48.5 Å². The van der Waals surface area contributed by atoms with E-state index in [1.807, 2.05) is 60.7 Å². The molecule has 0 fully saturated rings. The van der Waals surface area contributed by atoms with Gasteiger partial charge in [-0.1, -0.05) is 60.7 Å². The molecule has 0 aliphatic rings. The highest BCUT2D eigenvalue weighted by Gasteiger charge is 2.21. The maximum atomic E-state index is 9.86. The number of hydrogen-bond donors (Lipinski definition) is 0. The summed E-state index contributed by atoms with van der Waals surface area (Å²) in [6.07, 6.45) is 0. The van der Waals surface area contributed by atoms with Crippen molar-refractivity contribution in [1.82, 2.24) is 9.13 Å². The molecule has 36 heavy (non-hydrogen) atoms. The SMILES string of the molecule is N#Cc1ccccc1-n1c2ccccc2c2c3c4ccccc4n(-c4ccccc4C#N)c3ccc21. The van der Waals surface area contributed by atoms with Crippen molar-refractivity contribution in [3.05, 3.63) is 120 Å². The van der Waals surface area contributed by atoms with Gasteiger partial charge in [-0.2, -0.15) is 10.5 Å². The lowest BCUT2D eigenvalue weighted by molar-refractivity contribution is 1.16. The summed E-state index contributed by atoms with van der Waals surface area (Å²) in [5, 5.41) is 24.3. The second kappa shape index (κ2) is 7.60. The molecule has 0 aliphatic heterocycles. The van der Waals surface area contributed by atoms with Gasteiger partial charge in [-0.25, -0.2) is 0 Å². The van der Waals surface area contributed by atoms with Crippen LogP contribution in [0.3, 0.4) is 0 Å². The van der Waals surface area contributed by atoms with Crippen LogP contribution in [0.25, 0.3) is 55.0 Å². The van der Waals surface area contributed by atoms with E-state index in [1.165, 1.54) is 0 Å². The standard InChI is InChI=1S/C32H18N4/c33-19-21-9-1-5-13-25(21)35-27-15-7-3-11-23(27)31-29(35)17-18-30-32(31)24-12-4-8-16-28(24)36(30)26-14-6-2-10-22(26)20-34/h1-18H. The Bertz CT molecular complexity index is 1930. The van der Waals surface area contributed by atoms with E-state index in [0.29, 0.717) is 11.1 Å². The van der Waals surface area contributed by atoms with Crippen LogP contribution in [0.4, 0.5) is 0 Å². The molecule has 0 saturated carbocycles. The fourth-order valence-corrected chi connectivity index (χ4v) is 5.56. The third-order valence-electron chi connectivity index (χ3n) is 7.00. The van der Waals surface area contributed by atoms with Crippen LogP contribution in [-0.2, 0) is 0 Å². The van der Waals surface area contributed by atoms with Gasteiger partial charge in [-0.3, -0.25) is 0 Å². The van der Waals surface area contributed by atoms with E-state index in [2.05, 4.69) is 69.8 Å². The molecular weight excluding hydrogens is 440 g/mol. The summed E-state index contributed by atoms with van der Waals surface area (Å²) < 4.78 is 4.38. The number of benzene rings is 5. The maximum Gasteiger partial charge on any atom is 0.101 e. The highest BCUT2D eigenvalue weighted by atomic mass is 15.0. The van der Waals surface area contributed by atoms with Gasteiger partial charge in [0.25, 0.3) is 0 Å². The average molecular weight is 459 g/mol. The topological polar surface area (TPSA) is 57.4 Å². The molecule has 0 atom stereocenters. The Morgan fingerprint density at radius 1 is 0.417 bits per heavy atom. The van der Waals surface area contributed by atoms with Crippen molar-refractivity contribution >= 4 is 43.6 Å². The van der Waals surface area contributed by atoms with Gasteiger partial charge >= 0.3 is 0 Å². The summed E-state index contributed by atoms with van der Waals surface area (Å²) in [7, 11) is 0. The molecule has 0 N–H and O–H groups in total. The molecule has 166 valence electrons. The van der Waals surface area contributed by atoms with Gasteiger partial charge in [0.05, 0.1) is 44.6 Å². The zero-order valence-electron chi connectivity index (χ0n) is 19.2. The van der Waals surface area contributed by atoms with Crippen molar-refractivity contribution < 1.29 is 0 Å². The first-order valence-corrected chi connectivity index (χ1v) is 11.8. The minimum absolute atomic E-state index is 0.630. The molecule has 2 aromatic heterocycles. The van der Waals surface area contributed by atoms with E-state index < -0.39 is 0 Å². The first-order valence-electron chi connectivity index (χ1n) is 11.8. The van der Waals surface area contributed by atoms with Gasteiger partial charge in [0.2, 0.25) is 0 Å². The van der Waals surface area contributed by atoms with E-state index in [0.717, 1.165) is 55.0 Å². The molecule has 0 amide bonds. The summed E-state index contributed by atoms with van der Waals surface area (Å²) in [4.78, 5) is 0. The Labute approximate surface area is 207 Å². The molecule has 0 aliphatic carbocycles. The Kier molecular flexibility index (Phi) is 4.24. The molecule has 0 saturated heterocycles.